The van der Waals surface area contributed by atoms with Gasteiger partial charge in [0.05, 0.1) is 24.9 Å². The highest BCUT2D eigenvalue weighted by atomic mass is 32.1. The molecule has 0 aromatic carbocycles. The molecule has 2 heterocycles. The predicted molar refractivity (Wildman–Crippen MR) is 77.3 cm³/mol. The van der Waals surface area contributed by atoms with Crippen molar-refractivity contribution in [2.45, 2.75) is 13.5 Å². The molecule has 0 aliphatic carbocycles. The Morgan fingerprint density at radius 3 is 3.05 bits per heavy atom. The highest BCUT2D eigenvalue weighted by Crippen LogP contribution is 2.24. The summed E-state index contributed by atoms with van der Waals surface area (Å²) in [4.78, 5) is 23.8. The smallest absolute Gasteiger partial charge is 0.341 e. The number of hydrogen-bond donors (Lipinski definition) is 2. The molecule has 2 aromatic rings. The number of amides is 1. The lowest BCUT2D eigenvalue weighted by Crippen LogP contribution is -2.14. The number of nitrogens with two attached hydrogens (primary N) is 1. The molecule has 0 fully saturated rings. The summed E-state index contributed by atoms with van der Waals surface area (Å²) in [6.07, 6.45) is 1.50. The number of carbonyl (C=O) groups excluding carboxylic acids is 2. The first-order valence-electron chi connectivity index (χ1n) is 6.31. The molecule has 0 saturated carbocycles. The molecule has 21 heavy (non-hydrogen) atoms. The van der Waals surface area contributed by atoms with E-state index in [4.69, 9.17) is 10.5 Å². The molecule has 2 rings (SSSR count). The van der Waals surface area contributed by atoms with E-state index in [1.807, 2.05) is 0 Å². The Labute approximate surface area is 124 Å². The van der Waals surface area contributed by atoms with Crippen molar-refractivity contribution in [1.29, 1.82) is 0 Å². The SMILES string of the molecule is CCOC(=O)c1ccsc1NC(=O)c1cn(CCN)nn1. The van der Waals surface area contributed by atoms with E-state index in [-0.39, 0.29) is 12.3 Å². The van der Waals surface area contributed by atoms with Gasteiger partial charge in [-0.15, -0.1) is 16.4 Å². The van der Waals surface area contributed by atoms with Crippen LogP contribution in [0.15, 0.2) is 17.6 Å². The highest BCUT2D eigenvalue weighted by molar-refractivity contribution is 7.14. The van der Waals surface area contributed by atoms with Crippen molar-refractivity contribution < 1.29 is 14.3 Å². The molecule has 0 unspecified atom stereocenters. The molecule has 8 nitrogen and oxygen atoms in total. The maximum absolute atomic E-state index is 12.1. The molecule has 9 heteroatoms. The number of thiophene rings is 1. The van der Waals surface area contributed by atoms with Crippen LogP contribution in [0.5, 0.6) is 0 Å². The Balaban J connectivity index is 2.09. The third-order valence-corrected chi connectivity index (χ3v) is 3.35. The van der Waals surface area contributed by atoms with Gasteiger partial charge in [0.15, 0.2) is 5.69 Å². The molecule has 0 radical (unpaired) electrons. The van der Waals surface area contributed by atoms with Crippen LogP contribution in [0.4, 0.5) is 5.00 Å². The van der Waals surface area contributed by atoms with E-state index in [1.165, 1.54) is 22.2 Å². The minimum Gasteiger partial charge on any atom is -0.462 e. The van der Waals surface area contributed by atoms with Gasteiger partial charge in [0.1, 0.15) is 5.00 Å². The molecule has 112 valence electrons. The van der Waals surface area contributed by atoms with Crippen LogP contribution < -0.4 is 11.1 Å². The van der Waals surface area contributed by atoms with Crippen LogP contribution in [0.1, 0.15) is 27.8 Å². The van der Waals surface area contributed by atoms with Crippen LogP contribution in [-0.4, -0.2) is 40.0 Å². The molecule has 3 N–H and O–H groups in total. The number of carbonyl (C=O) groups is 2. The minimum atomic E-state index is -0.471. The van der Waals surface area contributed by atoms with Gasteiger partial charge in [-0.25, -0.2) is 4.79 Å². The van der Waals surface area contributed by atoms with Crippen molar-refractivity contribution in [2.24, 2.45) is 5.73 Å². The van der Waals surface area contributed by atoms with E-state index >= 15 is 0 Å². The summed E-state index contributed by atoms with van der Waals surface area (Å²) in [6, 6.07) is 1.60. The molecule has 1 amide bonds. The number of anilines is 1. The van der Waals surface area contributed by atoms with Crippen LogP contribution >= 0.6 is 11.3 Å². The summed E-state index contributed by atoms with van der Waals surface area (Å²) in [7, 11) is 0. The quantitative estimate of drug-likeness (QED) is 0.761. The number of aromatic nitrogens is 3. The number of ether oxygens (including phenoxy) is 1. The normalized spacial score (nSPS) is 10.4. The van der Waals surface area contributed by atoms with Gasteiger partial charge < -0.3 is 15.8 Å². The monoisotopic (exact) mass is 309 g/mol. The van der Waals surface area contributed by atoms with Crippen molar-refractivity contribution in [3.05, 3.63) is 28.9 Å². The average Bonchev–Trinajstić information content (AvgIpc) is 3.08. The first-order valence-corrected chi connectivity index (χ1v) is 7.19. The number of nitrogens with zero attached hydrogens (tertiary/aromatic N) is 3. The maximum atomic E-state index is 12.1. The topological polar surface area (TPSA) is 112 Å². The fourth-order valence-electron chi connectivity index (χ4n) is 1.59. The van der Waals surface area contributed by atoms with Crippen LogP contribution in [0.25, 0.3) is 0 Å². The largest absolute Gasteiger partial charge is 0.462 e. The van der Waals surface area contributed by atoms with Crippen LogP contribution in [0.3, 0.4) is 0 Å². The van der Waals surface area contributed by atoms with Crippen molar-refractivity contribution in [3.8, 4) is 0 Å². The van der Waals surface area contributed by atoms with Crippen molar-refractivity contribution in [2.75, 3.05) is 18.5 Å². The van der Waals surface area contributed by atoms with Gasteiger partial charge in [-0.05, 0) is 18.4 Å². The molecule has 0 saturated heterocycles. The van der Waals surface area contributed by atoms with Crippen molar-refractivity contribution in [1.82, 2.24) is 15.0 Å². The van der Waals surface area contributed by atoms with Crippen LogP contribution in [0, 0.1) is 0 Å². The third kappa shape index (κ3) is 3.64. The Kier molecular flexibility index (Phi) is 5.01. The van der Waals surface area contributed by atoms with Gasteiger partial charge in [0, 0.05) is 6.54 Å². The highest BCUT2D eigenvalue weighted by Gasteiger charge is 2.18. The second kappa shape index (κ2) is 6.95. The summed E-state index contributed by atoms with van der Waals surface area (Å²) in [5.74, 6) is -0.910. The van der Waals surface area contributed by atoms with Gasteiger partial charge in [-0.3, -0.25) is 9.48 Å². The zero-order valence-corrected chi connectivity index (χ0v) is 12.2. The van der Waals surface area contributed by atoms with Crippen LogP contribution in [-0.2, 0) is 11.3 Å². The number of rotatable bonds is 6. The van der Waals surface area contributed by atoms with Gasteiger partial charge in [-0.2, -0.15) is 0 Å². The molecule has 0 aliphatic heterocycles. The summed E-state index contributed by atoms with van der Waals surface area (Å²) < 4.78 is 6.40. The van der Waals surface area contributed by atoms with Gasteiger partial charge in [0.25, 0.3) is 5.91 Å². The van der Waals surface area contributed by atoms with Gasteiger partial charge in [0.2, 0.25) is 0 Å². The Bertz CT molecular complexity index is 636. The summed E-state index contributed by atoms with van der Waals surface area (Å²) in [6.45, 7) is 2.88. The Hall–Kier alpha value is -2.26. The molecule has 2 aromatic heterocycles. The minimum absolute atomic E-state index is 0.159. The molecule has 0 spiro atoms. The Morgan fingerprint density at radius 2 is 2.33 bits per heavy atom. The first kappa shape index (κ1) is 15.1. The molecular weight excluding hydrogens is 294 g/mol. The summed E-state index contributed by atoms with van der Waals surface area (Å²) in [5.41, 5.74) is 5.88. The van der Waals surface area contributed by atoms with Gasteiger partial charge >= 0.3 is 5.97 Å². The molecular formula is C12H15N5O3S. The lowest BCUT2D eigenvalue weighted by Gasteiger charge is -2.04. The molecule has 0 aliphatic rings. The van der Waals surface area contributed by atoms with E-state index in [0.717, 1.165) is 0 Å². The number of esters is 1. The Morgan fingerprint density at radius 1 is 1.52 bits per heavy atom. The summed E-state index contributed by atoms with van der Waals surface area (Å²) in [5, 5.41) is 12.3. The number of hydrogen-bond acceptors (Lipinski definition) is 7. The predicted octanol–water partition coefficient (Wildman–Crippen LogP) is 0.727. The van der Waals surface area contributed by atoms with Crippen molar-refractivity contribution >= 4 is 28.2 Å². The van der Waals surface area contributed by atoms with Crippen molar-refractivity contribution in [3.63, 3.8) is 0 Å². The van der Waals surface area contributed by atoms with E-state index in [1.54, 1.807) is 18.4 Å². The molecule has 0 atom stereocenters. The number of nitrogens with one attached hydrogen (secondary N) is 1. The first-order chi connectivity index (χ1) is 10.2. The average molecular weight is 309 g/mol. The zero-order valence-electron chi connectivity index (χ0n) is 11.4. The second-order valence-corrected chi connectivity index (χ2v) is 4.91. The fourth-order valence-corrected chi connectivity index (χ4v) is 2.36. The van der Waals surface area contributed by atoms with Crippen LogP contribution in [0.2, 0.25) is 0 Å². The summed E-state index contributed by atoms with van der Waals surface area (Å²) >= 11 is 1.24. The lowest BCUT2D eigenvalue weighted by molar-refractivity contribution is 0.0528. The van der Waals surface area contributed by atoms with E-state index in [9.17, 15) is 9.59 Å². The second-order valence-electron chi connectivity index (χ2n) is 3.99. The molecule has 0 bridgehead atoms. The lowest BCUT2D eigenvalue weighted by atomic mass is 10.3. The zero-order chi connectivity index (χ0) is 15.2. The maximum Gasteiger partial charge on any atom is 0.341 e. The fraction of sp³-hybridized carbons (Fsp3) is 0.333. The van der Waals surface area contributed by atoms with E-state index in [2.05, 4.69) is 15.6 Å². The third-order valence-electron chi connectivity index (χ3n) is 2.52. The van der Waals surface area contributed by atoms with E-state index < -0.39 is 11.9 Å². The van der Waals surface area contributed by atoms with E-state index in [0.29, 0.717) is 23.7 Å². The standard InChI is InChI=1S/C12H15N5O3S/c1-2-20-12(19)8-3-6-21-11(8)14-10(18)9-7-17(5-4-13)16-15-9/h3,6-7H,2,4-5,13H2,1H3,(H,14,18). The van der Waals surface area contributed by atoms with Gasteiger partial charge in [-0.1, -0.05) is 5.21 Å².